The van der Waals surface area contributed by atoms with Gasteiger partial charge in [-0.05, 0) is 19.1 Å². The highest BCUT2D eigenvalue weighted by Crippen LogP contribution is 2.26. The van der Waals surface area contributed by atoms with Gasteiger partial charge in [0, 0.05) is 26.5 Å². The molecule has 0 saturated heterocycles. The highest BCUT2D eigenvalue weighted by molar-refractivity contribution is 8.00. The second-order valence-corrected chi connectivity index (χ2v) is 5.40. The molecule has 0 aromatic carbocycles. The Balaban J connectivity index is 2.08. The smallest absolute Gasteiger partial charge is 0.277 e. The topological polar surface area (TPSA) is 72.1 Å². The summed E-state index contributed by atoms with van der Waals surface area (Å²) in [6, 6.07) is 3.63. The molecule has 7 heteroatoms. The lowest BCUT2D eigenvalue weighted by atomic mass is 10.3. The monoisotopic (exact) mass is 278 g/mol. The first kappa shape index (κ1) is 13.5. The number of carbonyl (C=O) groups excluding carboxylic acids is 1. The molecule has 0 fully saturated rings. The number of hydrogen-bond acceptors (Lipinski definition) is 6. The molecular weight excluding hydrogens is 264 g/mol. The molecule has 0 radical (unpaired) electrons. The molecule has 2 rings (SSSR count). The first-order valence-electron chi connectivity index (χ1n) is 5.69. The average molecular weight is 278 g/mol. The minimum Gasteiger partial charge on any atom is -0.411 e. The largest absolute Gasteiger partial charge is 0.411 e. The molecule has 1 amide bonds. The van der Waals surface area contributed by atoms with Gasteiger partial charge in [-0.25, -0.2) is 0 Å². The number of carbonyl (C=O) groups is 1. The summed E-state index contributed by atoms with van der Waals surface area (Å²) in [5.74, 6) is 0.409. The van der Waals surface area contributed by atoms with Crippen LogP contribution in [0.25, 0.3) is 11.5 Å². The maximum absolute atomic E-state index is 11.7. The summed E-state index contributed by atoms with van der Waals surface area (Å²) < 4.78 is 5.50. The van der Waals surface area contributed by atoms with E-state index in [1.807, 2.05) is 6.07 Å². The van der Waals surface area contributed by atoms with Crippen LogP contribution in [0, 0.1) is 0 Å². The van der Waals surface area contributed by atoms with Gasteiger partial charge >= 0.3 is 0 Å². The van der Waals surface area contributed by atoms with Gasteiger partial charge in [0.05, 0.1) is 10.8 Å². The summed E-state index contributed by atoms with van der Waals surface area (Å²) in [5, 5.41) is 7.97. The van der Waals surface area contributed by atoms with E-state index in [4.69, 9.17) is 4.42 Å². The van der Waals surface area contributed by atoms with Crippen LogP contribution >= 0.6 is 11.8 Å². The molecule has 0 saturated carbocycles. The normalized spacial score (nSPS) is 12.2. The Kier molecular flexibility index (Phi) is 4.16. The van der Waals surface area contributed by atoms with E-state index in [1.54, 1.807) is 39.5 Å². The molecule has 2 aromatic rings. The van der Waals surface area contributed by atoms with Crippen molar-refractivity contribution in [2.45, 2.75) is 17.4 Å². The minimum atomic E-state index is -0.266. The van der Waals surface area contributed by atoms with Gasteiger partial charge in [-0.15, -0.1) is 10.2 Å². The lowest BCUT2D eigenvalue weighted by molar-refractivity contribution is -0.127. The van der Waals surface area contributed by atoms with Gasteiger partial charge in [-0.1, -0.05) is 11.8 Å². The number of aromatic nitrogens is 3. The van der Waals surface area contributed by atoms with Crippen LogP contribution in [0.15, 0.2) is 34.2 Å². The van der Waals surface area contributed by atoms with E-state index in [0.717, 1.165) is 5.56 Å². The second-order valence-electron chi connectivity index (χ2n) is 4.11. The third-order valence-electron chi connectivity index (χ3n) is 2.38. The summed E-state index contributed by atoms with van der Waals surface area (Å²) in [5.41, 5.74) is 0.758. The zero-order chi connectivity index (χ0) is 13.8. The van der Waals surface area contributed by atoms with Gasteiger partial charge in [-0.3, -0.25) is 9.78 Å². The fourth-order valence-corrected chi connectivity index (χ4v) is 2.26. The summed E-state index contributed by atoms with van der Waals surface area (Å²) in [6.45, 7) is 1.81. The summed E-state index contributed by atoms with van der Waals surface area (Å²) in [7, 11) is 3.43. The number of hydrogen-bond donors (Lipinski definition) is 0. The molecule has 6 nitrogen and oxygen atoms in total. The summed E-state index contributed by atoms with van der Waals surface area (Å²) in [6.07, 6.45) is 3.32. The van der Waals surface area contributed by atoms with Crippen LogP contribution in [0.5, 0.6) is 0 Å². The Hall–Kier alpha value is -1.89. The van der Waals surface area contributed by atoms with Crippen LogP contribution in [-0.2, 0) is 4.79 Å². The molecule has 0 aliphatic heterocycles. The van der Waals surface area contributed by atoms with Crippen LogP contribution in [0.4, 0.5) is 0 Å². The first-order valence-corrected chi connectivity index (χ1v) is 6.57. The Labute approximate surface area is 115 Å². The lowest BCUT2D eigenvalue weighted by Crippen LogP contribution is -2.29. The SMILES string of the molecule is C[C@H](Sc1nnc(-c2cccnc2)o1)C(=O)N(C)C. The molecule has 19 heavy (non-hydrogen) atoms. The van der Waals surface area contributed by atoms with E-state index >= 15 is 0 Å². The van der Waals surface area contributed by atoms with Crippen molar-refractivity contribution in [3.8, 4) is 11.5 Å². The molecule has 0 N–H and O–H groups in total. The minimum absolute atomic E-state index is 0.00567. The molecular formula is C12H14N4O2S. The van der Waals surface area contributed by atoms with Crippen LogP contribution < -0.4 is 0 Å². The van der Waals surface area contributed by atoms with E-state index in [1.165, 1.54) is 16.7 Å². The molecule has 2 aromatic heterocycles. The van der Waals surface area contributed by atoms with Crippen molar-refractivity contribution in [2.75, 3.05) is 14.1 Å². The van der Waals surface area contributed by atoms with Crippen molar-refractivity contribution < 1.29 is 9.21 Å². The molecule has 0 aliphatic carbocycles. The Morgan fingerprint density at radius 3 is 2.84 bits per heavy atom. The third kappa shape index (κ3) is 3.31. The highest BCUT2D eigenvalue weighted by Gasteiger charge is 2.19. The molecule has 1 atom stereocenters. The van der Waals surface area contributed by atoms with Gasteiger partial charge in [-0.2, -0.15) is 0 Å². The molecule has 0 aliphatic rings. The number of nitrogens with zero attached hydrogens (tertiary/aromatic N) is 4. The number of pyridine rings is 1. The van der Waals surface area contributed by atoms with Crippen molar-refractivity contribution in [1.82, 2.24) is 20.1 Å². The second kappa shape index (κ2) is 5.83. The van der Waals surface area contributed by atoms with Crippen molar-refractivity contribution >= 4 is 17.7 Å². The van der Waals surface area contributed by atoms with Crippen molar-refractivity contribution in [2.24, 2.45) is 0 Å². The van der Waals surface area contributed by atoms with Crippen molar-refractivity contribution in [3.05, 3.63) is 24.5 Å². The zero-order valence-corrected chi connectivity index (χ0v) is 11.7. The van der Waals surface area contributed by atoms with Gasteiger partial charge in [0.25, 0.3) is 5.22 Å². The van der Waals surface area contributed by atoms with E-state index in [0.29, 0.717) is 11.1 Å². The van der Waals surface area contributed by atoms with Crippen molar-refractivity contribution in [3.63, 3.8) is 0 Å². The third-order valence-corrected chi connectivity index (χ3v) is 3.30. The predicted molar refractivity (Wildman–Crippen MR) is 71.5 cm³/mol. The fourth-order valence-electron chi connectivity index (χ4n) is 1.43. The summed E-state index contributed by atoms with van der Waals surface area (Å²) >= 11 is 1.24. The Morgan fingerprint density at radius 1 is 1.42 bits per heavy atom. The van der Waals surface area contributed by atoms with Crippen LogP contribution in [-0.4, -0.2) is 45.3 Å². The molecule has 2 heterocycles. The maximum Gasteiger partial charge on any atom is 0.277 e. The molecule has 0 bridgehead atoms. The highest BCUT2D eigenvalue weighted by atomic mass is 32.2. The first-order chi connectivity index (χ1) is 9.08. The van der Waals surface area contributed by atoms with Crippen LogP contribution in [0.3, 0.4) is 0 Å². The van der Waals surface area contributed by atoms with Gasteiger partial charge in [0.1, 0.15) is 0 Å². The van der Waals surface area contributed by atoms with E-state index in [-0.39, 0.29) is 11.2 Å². The predicted octanol–water partition coefficient (Wildman–Crippen LogP) is 1.70. The number of amides is 1. The zero-order valence-electron chi connectivity index (χ0n) is 10.9. The average Bonchev–Trinajstić information content (AvgIpc) is 2.87. The standard InChI is InChI=1S/C12H14N4O2S/c1-8(11(17)16(2)3)19-12-15-14-10(18-12)9-5-4-6-13-7-9/h4-8H,1-3H3/t8-/m0/s1. The maximum atomic E-state index is 11.7. The van der Waals surface area contributed by atoms with Gasteiger partial charge < -0.3 is 9.32 Å². The van der Waals surface area contributed by atoms with Crippen LogP contribution in [0.1, 0.15) is 6.92 Å². The lowest BCUT2D eigenvalue weighted by Gasteiger charge is -2.14. The van der Waals surface area contributed by atoms with Gasteiger partial charge in [0.15, 0.2) is 0 Å². The molecule has 0 spiro atoms. The van der Waals surface area contributed by atoms with E-state index < -0.39 is 0 Å². The quantitative estimate of drug-likeness (QED) is 0.793. The molecule has 0 unspecified atom stereocenters. The number of thioether (sulfide) groups is 1. The van der Waals surface area contributed by atoms with Crippen LogP contribution in [0.2, 0.25) is 0 Å². The Bertz CT molecular complexity index is 556. The van der Waals surface area contributed by atoms with Crippen molar-refractivity contribution in [1.29, 1.82) is 0 Å². The number of rotatable bonds is 4. The van der Waals surface area contributed by atoms with E-state index in [2.05, 4.69) is 15.2 Å². The van der Waals surface area contributed by atoms with Gasteiger partial charge in [0.2, 0.25) is 11.8 Å². The Morgan fingerprint density at radius 2 is 2.21 bits per heavy atom. The summed E-state index contributed by atoms with van der Waals surface area (Å²) in [4.78, 5) is 17.3. The molecule has 100 valence electrons. The van der Waals surface area contributed by atoms with E-state index in [9.17, 15) is 4.79 Å². The fraction of sp³-hybridized carbons (Fsp3) is 0.333.